The van der Waals surface area contributed by atoms with Crippen molar-refractivity contribution in [1.82, 2.24) is 14.3 Å². The van der Waals surface area contributed by atoms with E-state index in [1.54, 1.807) is 6.07 Å². The lowest BCUT2D eigenvalue weighted by atomic mass is 10.3. The summed E-state index contributed by atoms with van der Waals surface area (Å²) in [6, 6.07) is 1.75. The summed E-state index contributed by atoms with van der Waals surface area (Å²) in [5.41, 5.74) is 0. The minimum atomic E-state index is -3.14. The summed E-state index contributed by atoms with van der Waals surface area (Å²) in [6.45, 7) is 2.77. The molecule has 1 aromatic rings. The number of ether oxygens (including phenoxy) is 1. The maximum absolute atomic E-state index is 12.0. The van der Waals surface area contributed by atoms with Gasteiger partial charge in [0.2, 0.25) is 15.9 Å². The molecular formula is C13H22N4O3S. The first-order chi connectivity index (χ1) is 9.92. The fourth-order valence-corrected chi connectivity index (χ4v) is 3.79. The molecule has 21 heavy (non-hydrogen) atoms. The second-order valence-corrected chi connectivity index (χ2v) is 7.40. The summed E-state index contributed by atoms with van der Waals surface area (Å²) in [6.07, 6.45) is 2.61. The smallest absolute Gasteiger partial charge is 0.218 e. The van der Waals surface area contributed by atoms with Gasteiger partial charge in [-0.1, -0.05) is 6.92 Å². The van der Waals surface area contributed by atoms with Gasteiger partial charge < -0.3 is 9.64 Å². The number of hydrogen-bond donors (Lipinski definition) is 0. The highest BCUT2D eigenvalue weighted by molar-refractivity contribution is 7.89. The number of aromatic nitrogens is 2. The van der Waals surface area contributed by atoms with Gasteiger partial charge in [-0.2, -0.15) is 4.31 Å². The van der Waals surface area contributed by atoms with Crippen LogP contribution in [0.1, 0.15) is 19.8 Å². The molecule has 1 saturated heterocycles. The maximum Gasteiger partial charge on any atom is 0.218 e. The summed E-state index contributed by atoms with van der Waals surface area (Å²) in [5, 5.41) is 0. The average molecular weight is 314 g/mol. The number of rotatable bonds is 6. The Morgan fingerprint density at radius 3 is 2.86 bits per heavy atom. The largest absolute Gasteiger partial charge is 0.473 e. The lowest BCUT2D eigenvalue weighted by Crippen LogP contribution is -2.32. The number of anilines is 1. The molecule has 118 valence electrons. The van der Waals surface area contributed by atoms with Gasteiger partial charge in [0.1, 0.15) is 18.2 Å². The van der Waals surface area contributed by atoms with Crippen LogP contribution in [0.3, 0.4) is 0 Å². The van der Waals surface area contributed by atoms with Gasteiger partial charge in [0, 0.05) is 26.7 Å². The minimum Gasteiger partial charge on any atom is -0.473 e. The van der Waals surface area contributed by atoms with Crippen molar-refractivity contribution in [3.8, 4) is 5.88 Å². The summed E-state index contributed by atoms with van der Waals surface area (Å²) in [7, 11) is 0.635. The molecule has 1 unspecified atom stereocenters. The van der Waals surface area contributed by atoms with Crippen LogP contribution in [-0.2, 0) is 10.0 Å². The Kier molecular flexibility index (Phi) is 5.00. The lowest BCUT2D eigenvalue weighted by Gasteiger charge is -2.17. The van der Waals surface area contributed by atoms with Crippen molar-refractivity contribution < 1.29 is 13.2 Å². The summed E-state index contributed by atoms with van der Waals surface area (Å²) < 4.78 is 31.3. The highest BCUT2D eigenvalue weighted by Crippen LogP contribution is 2.21. The third-order valence-electron chi connectivity index (χ3n) is 3.34. The molecule has 0 saturated carbocycles. The first kappa shape index (κ1) is 16.0. The average Bonchev–Trinajstić information content (AvgIpc) is 2.88. The Morgan fingerprint density at radius 2 is 2.19 bits per heavy atom. The zero-order valence-electron chi connectivity index (χ0n) is 12.7. The van der Waals surface area contributed by atoms with E-state index in [9.17, 15) is 8.42 Å². The van der Waals surface area contributed by atoms with Crippen molar-refractivity contribution >= 4 is 15.8 Å². The van der Waals surface area contributed by atoms with Gasteiger partial charge in [-0.05, 0) is 12.8 Å². The summed E-state index contributed by atoms with van der Waals surface area (Å²) >= 11 is 0. The van der Waals surface area contributed by atoms with Crippen molar-refractivity contribution in [3.05, 3.63) is 12.4 Å². The summed E-state index contributed by atoms with van der Waals surface area (Å²) in [4.78, 5) is 10.1. The van der Waals surface area contributed by atoms with E-state index in [2.05, 4.69) is 9.97 Å². The first-order valence-electron chi connectivity index (χ1n) is 7.06. The molecule has 0 bridgehead atoms. The highest BCUT2D eigenvalue weighted by Gasteiger charge is 2.32. The highest BCUT2D eigenvalue weighted by atomic mass is 32.2. The van der Waals surface area contributed by atoms with Crippen molar-refractivity contribution in [3.63, 3.8) is 0 Å². The molecule has 7 nitrogen and oxygen atoms in total. The summed E-state index contributed by atoms with van der Waals surface area (Å²) in [5.74, 6) is 1.43. The minimum absolute atomic E-state index is 0.151. The van der Waals surface area contributed by atoms with E-state index in [1.807, 2.05) is 25.9 Å². The van der Waals surface area contributed by atoms with E-state index < -0.39 is 10.0 Å². The van der Waals surface area contributed by atoms with E-state index in [-0.39, 0.29) is 11.9 Å². The second kappa shape index (κ2) is 6.57. The fraction of sp³-hybridized carbons (Fsp3) is 0.692. The number of nitrogens with zero attached hydrogens (tertiary/aromatic N) is 4. The molecule has 0 aromatic carbocycles. The number of hydrogen-bond acceptors (Lipinski definition) is 6. The molecule has 1 fully saturated rings. The normalized spacial score (nSPS) is 19.7. The maximum atomic E-state index is 12.0. The van der Waals surface area contributed by atoms with Crippen LogP contribution in [0.15, 0.2) is 12.4 Å². The van der Waals surface area contributed by atoms with Crippen LogP contribution in [0, 0.1) is 0 Å². The SMILES string of the molecule is CCCS(=O)(=O)N1CCC(Oc2cc(N(C)C)ncn2)C1. The van der Waals surface area contributed by atoms with Crippen LogP contribution in [0.5, 0.6) is 5.88 Å². The molecule has 0 radical (unpaired) electrons. The van der Waals surface area contributed by atoms with E-state index >= 15 is 0 Å². The molecular weight excluding hydrogens is 292 g/mol. The molecule has 1 atom stereocenters. The quantitative estimate of drug-likeness (QED) is 0.771. The first-order valence-corrected chi connectivity index (χ1v) is 8.67. The Balaban J connectivity index is 1.98. The molecule has 1 aromatic heterocycles. The van der Waals surface area contributed by atoms with Crippen LogP contribution in [0.2, 0.25) is 0 Å². The van der Waals surface area contributed by atoms with Gasteiger partial charge in [-0.15, -0.1) is 0 Å². The lowest BCUT2D eigenvalue weighted by molar-refractivity contribution is 0.206. The van der Waals surface area contributed by atoms with Crippen LogP contribution in [0.4, 0.5) is 5.82 Å². The zero-order valence-corrected chi connectivity index (χ0v) is 13.5. The monoisotopic (exact) mass is 314 g/mol. The Morgan fingerprint density at radius 1 is 1.43 bits per heavy atom. The molecule has 2 rings (SSSR count). The second-order valence-electron chi connectivity index (χ2n) is 5.31. The fourth-order valence-electron chi connectivity index (χ4n) is 2.24. The van der Waals surface area contributed by atoms with E-state index in [4.69, 9.17) is 4.74 Å². The van der Waals surface area contributed by atoms with E-state index in [0.717, 1.165) is 5.82 Å². The van der Waals surface area contributed by atoms with Crippen LogP contribution in [0.25, 0.3) is 0 Å². The Hall–Kier alpha value is -1.41. The number of sulfonamides is 1. The third kappa shape index (κ3) is 4.04. The van der Waals surface area contributed by atoms with Gasteiger partial charge in [0.15, 0.2) is 0 Å². The van der Waals surface area contributed by atoms with Gasteiger partial charge in [0.05, 0.1) is 12.3 Å². The molecule has 0 aliphatic carbocycles. The molecule has 1 aliphatic rings. The zero-order chi connectivity index (χ0) is 15.5. The van der Waals surface area contributed by atoms with Gasteiger partial charge in [-0.3, -0.25) is 0 Å². The predicted molar refractivity (Wildman–Crippen MR) is 81.0 cm³/mol. The van der Waals surface area contributed by atoms with Crippen molar-refractivity contribution in [2.45, 2.75) is 25.9 Å². The molecule has 0 N–H and O–H groups in total. The predicted octanol–water partition coefficient (Wildman–Crippen LogP) is 0.736. The van der Waals surface area contributed by atoms with Crippen molar-refractivity contribution in [2.24, 2.45) is 0 Å². The molecule has 0 spiro atoms. The molecule has 0 amide bonds. The standard InChI is InChI=1S/C13H22N4O3S/c1-4-7-21(18,19)17-6-5-11(9-17)20-13-8-12(16(2)3)14-10-15-13/h8,10-11H,4-7,9H2,1-3H3. The topological polar surface area (TPSA) is 75.6 Å². The molecule has 1 aliphatic heterocycles. The van der Waals surface area contributed by atoms with Crippen LogP contribution >= 0.6 is 0 Å². The molecule has 2 heterocycles. The van der Waals surface area contributed by atoms with Gasteiger partial charge >= 0.3 is 0 Å². The Labute approximate surface area is 126 Å². The van der Waals surface area contributed by atoms with Crippen LogP contribution in [-0.4, -0.2) is 61.7 Å². The van der Waals surface area contributed by atoms with Crippen molar-refractivity contribution in [2.75, 3.05) is 37.8 Å². The van der Waals surface area contributed by atoms with Crippen LogP contribution < -0.4 is 9.64 Å². The van der Waals surface area contributed by atoms with E-state index in [0.29, 0.717) is 31.8 Å². The van der Waals surface area contributed by atoms with E-state index in [1.165, 1.54) is 10.6 Å². The molecule has 8 heteroatoms. The van der Waals surface area contributed by atoms with Gasteiger partial charge in [0.25, 0.3) is 0 Å². The third-order valence-corrected chi connectivity index (χ3v) is 5.38. The van der Waals surface area contributed by atoms with Crippen molar-refractivity contribution in [1.29, 1.82) is 0 Å². The van der Waals surface area contributed by atoms with Gasteiger partial charge in [-0.25, -0.2) is 18.4 Å². The Bertz CT molecular complexity index is 577.